The Morgan fingerprint density at radius 2 is 2.29 bits per heavy atom. The summed E-state index contributed by atoms with van der Waals surface area (Å²) in [5.41, 5.74) is 7.54. The molecule has 2 rings (SSSR count). The molecule has 0 atom stereocenters. The van der Waals surface area contributed by atoms with Gasteiger partial charge in [0, 0.05) is 25.0 Å². The lowest BCUT2D eigenvalue weighted by Gasteiger charge is -2.17. The Hall–Kier alpha value is -2.81. The molecule has 0 fully saturated rings. The van der Waals surface area contributed by atoms with E-state index < -0.39 is 0 Å². The molecule has 0 spiro atoms. The largest absolute Gasteiger partial charge is 0.399 e. The maximum Gasteiger partial charge on any atom is 0.274 e. The number of nitriles is 1. The first-order valence-corrected chi connectivity index (χ1v) is 6.73. The molecule has 0 unspecified atom stereocenters. The van der Waals surface area contributed by atoms with Crippen LogP contribution in [0.4, 0.5) is 5.69 Å². The number of aromatic nitrogens is 2. The topological polar surface area (TPSA) is 87.9 Å². The predicted octanol–water partition coefficient (Wildman–Crippen LogP) is 1.83. The zero-order valence-electron chi connectivity index (χ0n) is 11.9. The molecular weight excluding hydrogens is 266 g/mol. The minimum absolute atomic E-state index is 0.171. The number of carbonyl (C=O) groups excluding carboxylic acids is 1. The van der Waals surface area contributed by atoms with E-state index in [1.165, 1.54) is 0 Å². The molecule has 0 saturated carbocycles. The maximum absolute atomic E-state index is 12.3. The van der Waals surface area contributed by atoms with Crippen LogP contribution in [-0.2, 0) is 0 Å². The Morgan fingerprint density at radius 1 is 1.48 bits per heavy atom. The minimum Gasteiger partial charge on any atom is -0.399 e. The van der Waals surface area contributed by atoms with Gasteiger partial charge in [0.1, 0.15) is 0 Å². The molecule has 6 nitrogen and oxygen atoms in total. The highest BCUT2D eigenvalue weighted by atomic mass is 16.2. The summed E-state index contributed by atoms with van der Waals surface area (Å²) in [5.74, 6) is -0.171. The van der Waals surface area contributed by atoms with E-state index >= 15 is 0 Å². The van der Waals surface area contributed by atoms with E-state index in [9.17, 15) is 4.79 Å². The number of amides is 1. The van der Waals surface area contributed by atoms with Crippen molar-refractivity contribution in [2.45, 2.75) is 13.3 Å². The molecule has 0 radical (unpaired) electrons. The fourth-order valence-electron chi connectivity index (χ4n) is 2.00. The van der Waals surface area contributed by atoms with Gasteiger partial charge in [-0.3, -0.25) is 4.79 Å². The third-order valence-corrected chi connectivity index (χ3v) is 3.11. The second-order valence-corrected chi connectivity index (χ2v) is 4.53. The number of rotatable bonds is 5. The number of nitrogens with zero attached hydrogens (tertiary/aromatic N) is 4. The highest BCUT2D eigenvalue weighted by molar-refractivity contribution is 5.92. The van der Waals surface area contributed by atoms with Gasteiger partial charge >= 0.3 is 0 Å². The number of benzene rings is 1. The summed E-state index contributed by atoms with van der Waals surface area (Å²) in [5, 5.41) is 12.9. The average molecular weight is 283 g/mol. The molecule has 108 valence electrons. The average Bonchev–Trinajstić information content (AvgIpc) is 2.97. The Bertz CT molecular complexity index is 671. The lowest BCUT2D eigenvalue weighted by Crippen LogP contribution is -2.32. The van der Waals surface area contributed by atoms with Gasteiger partial charge in [-0.1, -0.05) is 6.07 Å². The van der Waals surface area contributed by atoms with Gasteiger partial charge in [0.05, 0.1) is 18.2 Å². The molecule has 1 heterocycles. The van der Waals surface area contributed by atoms with Crippen LogP contribution in [0.25, 0.3) is 5.69 Å². The normalized spacial score (nSPS) is 10.1. The molecule has 21 heavy (non-hydrogen) atoms. The van der Waals surface area contributed by atoms with E-state index in [1.807, 2.05) is 25.1 Å². The van der Waals surface area contributed by atoms with Crippen LogP contribution in [0.5, 0.6) is 0 Å². The molecule has 2 N–H and O–H groups in total. The number of hydrogen-bond acceptors (Lipinski definition) is 4. The third-order valence-electron chi connectivity index (χ3n) is 3.11. The molecular formula is C15H17N5O. The van der Waals surface area contributed by atoms with Gasteiger partial charge in [0.25, 0.3) is 5.91 Å². The van der Waals surface area contributed by atoms with E-state index in [1.54, 1.807) is 34.0 Å². The Kier molecular flexibility index (Phi) is 4.57. The van der Waals surface area contributed by atoms with Crippen molar-refractivity contribution in [1.82, 2.24) is 14.7 Å². The lowest BCUT2D eigenvalue weighted by molar-refractivity contribution is 0.0761. The van der Waals surface area contributed by atoms with Gasteiger partial charge in [0.2, 0.25) is 0 Å². The molecule has 1 amide bonds. The summed E-state index contributed by atoms with van der Waals surface area (Å²) in [6.45, 7) is 2.84. The van der Waals surface area contributed by atoms with Crippen LogP contribution in [0.2, 0.25) is 0 Å². The smallest absolute Gasteiger partial charge is 0.274 e. The van der Waals surface area contributed by atoms with E-state index in [-0.39, 0.29) is 5.91 Å². The minimum atomic E-state index is -0.171. The van der Waals surface area contributed by atoms with Crippen molar-refractivity contribution in [3.8, 4) is 11.8 Å². The first-order chi connectivity index (χ1) is 10.2. The van der Waals surface area contributed by atoms with Crippen molar-refractivity contribution in [2.24, 2.45) is 0 Å². The quantitative estimate of drug-likeness (QED) is 0.848. The zero-order chi connectivity index (χ0) is 15.2. The van der Waals surface area contributed by atoms with Crippen LogP contribution in [0.15, 0.2) is 36.5 Å². The molecule has 0 aliphatic rings. The van der Waals surface area contributed by atoms with E-state index in [0.717, 1.165) is 5.69 Å². The molecule has 1 aromatic heterocycles. The fourth-order valence-corrected chi connectivity index (χ4v) is 2.00. The first kappa shape index (κ1) is 14.6. The van der Waals surface area contributed by atoms with Gasteiger partial charge in [-0.05, 0) is 31.2 Å². The van der Waals surface area contributed by atoms with Gasteiger partial charge in [-0.15, -0.1) is 0 Å². The Morgan fingerprint density at radius 3 is 2.95 bits per heavy atom. The maximum atomic E-state index is 12.3. The monoisotopic (exact) mass is 283 g/mol. The van der Waals surface area contributed by atoms with Crippen LogP contribution >= 0.6 is 0 Å². The number of hydrogen-bond donors (Lipinski definition) is 1. The van der Waals surface area contributed by atoms with Crippen molar-refractivity contribution < 1.29 is 4.79 Å². The molecule has 0 saturated heterocycles. The summed E-state index contributed by atoms with van der Waals surface area (Å²) < 4.78 is 1.61. The molecule has 0 aliphatic heterocycles. The second kappa shape index (κ2) is 6.57. The van der Waals surface area contributed by atoms with Gasteiger partial charge in [-0.2, -0.15) is 10.4 Å². The molecule has 2 aromatic rings. The molecule has 6 heteroatoms. The summed E-state index contributed by atoms with van der Waals surface area (Å²) in [4.78, 5) is 13.9. The zero-order valence-corrected chi connectivity index (χ0v) is 11.9. The SMILES string of the molecule is CCN(CCC#N)C(=O)c1ccn(-c2cccc(N)c2)n1. The van der Waals surface area contributed by atoms with Crippen molar-refractivity contribution in [3.05, 3.63) is 42.2 Å². The van der Waals surface area contributed by atoms with Crippen LogP contribution in [0, 0.1) is 11.3 Å². The van der Waals surface area contributed by atoms with E-state index in [2.05, 4.69) is 5.10 Å². The standard InChI is InChI=1S/C15H17N5O/c1-2-19(9-4-8-16)15(21)14-7-10-20(18-14)13-6-3-5-12(17)11-13/h3,5-7,10-11H,2,4,9,17H2,1H3. The first-order valence-electron chi connectivity index (χ1n) is 6.73. The Labute approximate surface area is 123 Å². The highest BCUT2D eigenvalue weighted by Crippen LogP contribution is 2.12. The second-order valence-electron chi connectivity index (χ2n) is 4.53. The third kappa shape index (κ3) is 3.39. The fraction of sp³-hybridized carbons (Fsp3) is 0.267. The van der Waals surface area contributed by atoms with E-state index in [4.69, 9.17) is 11.0 Å². The summed E-state index contributed by atoms with van der Waals surface area (Å²) >= 11 is 0. The number of nitrogen functional groups attached to an aromatic ring is 1. The Balaban J connectivity index is 2.19. The van der Waals surface area contributed by atoms with E-state index in [0.29, 0.717) is 30.9 Å². The van der Waals surface area contributed by atoms with Crippen LogP contribution in [-0.4, -0.2) is 33.7 Å². The predicted molar refractivity (Wildman–Crippen MR) is 79.8 cm³/mol. The summed E-state index contributed by atoms with van der Waals surface area (Å²) in [6.07, 6.45) is 2.04. The van der Waals surface area contributed by atoms with Crippen molar-refractivity contribution in [3.63, 3.8) is 0 Å². The highest BCUT2D eigenvalue weighted by Gasteiger charge is 2.16. The van der Waals surface area contributed by atoms with Crippen molar-refractivity contribution >= 4 is 11.6 Å². The number of anilines is 1. The molecule has 0 aliphatic carbocycles. The summed E-state index contributed by atoms with van der Waals surface area (Å²) in [6, 6.07) is 11.0. The van der Waals surface area contributed by atoms with Crippen molar-refractivity contribution in [1.29, 1.82) is 5.26 Å². The molecule has 1 aromatic carbocycles. The van der Waals surface area contributed by atoms with Crippen LogP contribution in [0.3, 0.4) is 0 Å². The molecule has 0 bridgehead atoms. The van der Waals surface area contributed by atoms with Crippen LogP contribution < -0.4 is 5.73 Å². The van der Waals surface area contributed by atoms with Crippen LogP contribution in [0.1, 0.15) is 23.8 Å². The summed E-state index contributed by atoms with van der Waals surface area (Å²) in [7, 11) is 0. The van der Waals surface area contributed by atoms with Gasteiger partial charge < -0.3 is 10.6 Å². The van der Waals surface area contributed by atoms with Crippen molar-refractivity contribution in [2.75, 3.05) is 18.8 Å². The van der Waals surface area contributed by atoms with Gasteiger partial charge in [-0.25, -0.2) is 4.68 Å². The number of carbonyl (C=O) groups is 1. The van der Waals surface area contributed by atoms with Gasteiger partial charge in [0.15, 0.2) is 5.69 Å². The number of nitrogens with two attached hydrogens (primary N) is 1. The lowest BCUT2D eigenvalue weighted by atomic mass is 10.3.